The number of hydrogen-bond donors (Lipinski definition) is 0. The van der Waals surface area contributed by atoms with E-state index in [0.29, 0.717) is 0 Å². The van der Waals surface area contributed by atoms with E-state index in [-0.39, 0.29) is 5.92 Å². The first kappa shape index (κ1) is 7.38. The van der Waals surface area contributed by atoms with Crippen LogP contribution in [0.4, 0.5) is 13.2 Å². The molecule has 0 bridgehead atoms. The smallest absolute Gasteiger partial charge is 0.170 e. The maximum absolute atomic E-state index is 11.7. The molecule has 1 unspecified atom stereocenters. The van der Waals surface area contributed by atoms with Gasteiger partial charge in [-0.15, -0.1) is 0 Å². The average molecular weight is 203 g/mol. The molecular weight excluding hydrogens is 197 g/mol. The van der Waals surface area contributed by atoms with E-state index in [1.54, 1.807) is 0 Å². The largest absolute Gasteiger partial charge is 0.401 e. The molecule has 1 aliphatic rings. The third kappa shape index (κ3) is 1.85. The summed E-state index contributed by atoms with van der Waals surface area (Å²) in [6, 6.07) is 0. The van der Waals surface area contributed by atoms with Gasteiger partial charge in [-0.05, 0) is 18.8 Å². The lowest BCUT2D eigenvalue weighted by molar-refractivity contribution is -0.130. The van der Waals surface area contributed by atoms with Crippen LogP contribution in [0.2, 0.25) is 0 Å². The van der Waals surface area contributed by atoms with E-state index in [1.165, 1.54) is 0 Å². The first-order chi connectivity index (χ1) is 4.02. The molecule has 0 aromatic rings. The Morgan fingerprint density at radius 2 is 1.78 bits per heavy atom. The van der Waals surface area contributed by atoms with E-state index in [2.05, 4.69) is 15.9 Å². The van der Waals surface area contributed by atoms with E-state index >= 15 is 0 Å². The minimum absolute atomic E-state index is 0.148. The molecule has 0 aromatic heterocycles. The number of alkyl halides is 4. The fourth-order valence-electron chi connectivity index (χ4n) is 0.656. The number of halogens is 4. The summed E-state index contributed by atoms with van der Waals surface area (Å²) in [6.45, 7) is 0. The SMILES string of the molecule is FC(F)(F)C(Br)C1CC1. The van der Waals surface area contributed by atoms with E-state index in [9.17, 15) is 13.2 Å². The minimum atomic E-state index is -4.04. The van der Waals surface area contributed by atoms with Crippen LogP contribution in [0.5, 0.6) is 0 Å². The zero-order valence-electron chi connectivity index (χ0n) is 4.58. The predicted molar refractivity (Wildman–Crippen MR) is 31.5 cm³/mol. The lowest BCUT2D eigenvalue weighted by atomic mass is 10.3. The lowest BCUT2D eigenvalue weighted by Gasteiger charge is -2.11. The van der Waals surface area contributed by atoms with Gasteiger partial charge >= 0.3 is 6.18 Å². The van der Waals surface area contributed by atoms with Gasteiger partial charge < -0.3 is 0 Å². The van der Waals surface area contributed by atoms with Gasteiger partial charge in [-0.25, -0.2) is 0 Å². The Balaban J connectivity index is 2.40. The third-order valence-electron chi connectivity index (χ3n) is 1.35. The Labute approximate surface area is 59.6 Å². The van der Waals surface area contributed by atoms with E-state index in [0.717, 1.165) is 12.8 Å². The first-order valence-electron chi connectivity index (χ1n) is 2.72. The molecule has 0 aromatic carbocycles. The summed E-state index contributed by atoms with van der Waals surface area (Å²) in [6.07, 6.45) is -2.61. The molecule has 0 N–H and O–H groups in total. The Morgan fingerprint density at radius 1 is 1.33 bits per heavy atom. The molecule has 4 heteroatoms. The zero-order chi connectivity index (χ0) is 7.07. The molecule has 0 radical (unpaired) electrons. The second-order valence-corrected chi connectivity index (χ2v) is 3.27. The van der Waals surface area contributed by atoms with Crippen LogP contribution in [0.3, 0.4) is 0 Å². The van der Waals surface area contributed by atoms with Crippen LogP contribution in [0.15, 0.2) is 0 Å². The van der Waals surface area contributed by atoms with Crippen LogP contribution < -0.4 is 0 Å². The quantitative estimate of drug-likeness (QED) is 0.574. The first-order valence-corrected chi connectivity index (χ1v) is 3.64. The number of hydrogen-bond acceptors (Lipinski definition) is 0. The molecule has 0 spiro atoms. The predicted octanol–water partition coefficient (Wildman–Crippen LogP) is 2.72. The van der Waals surface area contributed by atoms with Crippen molar-refractivity contribution in [3.8, 4) is 0 Å². The Kier molecular flexibility index (Phi) is 1.76. The van der Waals surface area contributed by atoms with Crippen molar-refractivity contribution in [1.82, 2.24) is 0 Å². The highest BCUT2D eigenvalue weighted by atomic mass is 79.9. The highest BCUT2D eigenvalue weighted by molar-refractivity contribution is 9.09. The van der Waals surface area contributed by atoms with Gasteiger partial charge in [0.25, 0.3) is 0 Å². The number of rotatable bonds is 1. The molecule has 0 aliphatic heterocycles. The Morgan fingerprint density at radius 3 is 1.89 bits per heavy atom. The summed E-state index contributed by atoms with van der Waals surface area (Å²) in [5.74, 6) is -0.148. The van der Waals surface area contributed by atoms with Gasteiger partial charge in [-0.1, -0.05) is 15.9 Å². The molecule has 0 amide bonds. The fraction of sp³-hybridized carbons (Fsp3) is 1.00. The van der Waals surface area contributed by atoms with Crippen molar-refractivity contribution in [3.05, 3.63) is 0 Å². The molecule has 0 saturated heterocycles. The van der Waals surface area contributed by atoms with Crippen LogP contribution in [0.25, 0.3) is 0 Å². The second kappa shape index (κ2) is 2.15. The van der Waals surface area contributed by atoms with Crippen LogP contribution in [0, 0.1) is 5.92 Å². The summed E-state index contributed by atoms with van der Waals surface area (Å²) in [5.41, 5.74) is 0. The van der Waals surface area contributed by atoms with Crippen molar-refractivity contribution in [2.24, 2.45) is 5.92 Å². The molecule has 1 aliphatic carbocycles. The van der Waals surface area contributed by atoms with E-state index < -0.39 is 11.0 Å². The molecule has 0 nitrogen and oxygen atoms in total. The molecule has 0 heterocycles. The summed E-state index contributed by atoms with van der Waals surface area (Å²) >= 11 is 2.60. The molecule has 1 atom stereocenters. The van der Waals surface area contributed by atoms with Gasteiger partial charge in [0.1, 0.15) is 4.83 Å². The second-order valence-electron chi connectivity index (χ2n) is 2.28. The van der Waals surface area contributed by atoms with Gasteiger partial charge in [0, 0.05) is 0 Å². The summed E-state index contributed by atoms with van der Waals surface area (Å²) < 4.78 is 35.1. The third-order valence-corrected chi connectivity index (χ3v) is 2.62. The van der Waals surface area contributed by atoms with E-state index in [4.69, 9.17) is 0 Å². The van der Waals surface area contributed by atoms with Gasteiger partial charge in [0.05, 0.1) is 0 Å². The van der Waals surface area contributed by atoms with Crippen molar-refractivity contribution >= 4 is 15.9 Å². The topological polar surface area (TPSA) is 0 Å². The molecule has 1 saturated carbocycles. The maximum Gasteiger partial charge on any atom is 0.401 e. The van der Waals surface area contributed by atoms with Crippen LogP contribution in [-0.2, 0) is 0 Å². The van der Waals surface area contributed by atoms with Crippen LogP contribution >= 0.6 is 15.9 Å². The summed E-state index contributed by atoms with van der Waals surface area (Å²) in [7, 11) is 0. The standard InChI is InChI=1S/C5H6BrF3/c6-4(3-1-2-3)5(7,8)9/h3-4H,1-2H2. The Bertz CT molecular complexity index is 105. The van der Waals surface area contributed by atoms with Gasteiger partial charge in [0.15, 0.2) is 0 Å². The van der Waals surface area contributed by atoms with Gasteiger partial charge in [-0.3, -0.25) is 0 Å². The van der Waals surface area contributed by atoms with Crippen molar-refractivity contribution in [3.63, 3.8) is 0 Å². The molecule has 9 heavy (non-hydrogen) atoms. The van der Waals surface area contributed by atoms with Crippen molar-refractivity contribution in [2.45, 2.75) is 23.8 Å². The zero-order valence-corrected chi connectivity index (χ0v) is 6.17. The van der Waals surface area contributed by atoms with E-state index in [1.807, 2.05) is 0 Å². The molecule has 1 fully saturated rings. The van der Waals surface area contributed by atoms with Gasteiger partial charge in [0.2, 0.25) is 0 Å². The lowest BCUT2D eigenvalue weighted by Crippen LogP contribution is -2.24. The van der Waals surface area contributed by atoms with Crippen LogP contribution in [0.1, 0.15) is 12.8 Å². The maximum atomic E-state index is 11.7. The molecule has 54 valence electrons. The van der Waals surface area contributed by atoms with Crippen molar-refractivity contribution in [1.29, 1.82) is 0 Å². The minimum Gasteiger partial charge on any atom is -0.170 e. The van der Waals surface area contributed by atoms with Crippen molar-refractivity contribution < 1.29 is 13.2 Å². The highest BCUT2D eigenvalue weighted by Gasteiger charge is 2.46. The average Bonchev–Trinajstić information content (AvgIpc) is 2.40. The molecule has 1 rings (SSSR count). The Hall–Kier alpha value is 0.270. The fourth-order valence-corrected chi connectivity index (χ4v) is 1.18. The van der Waals surface area contributed by atoms with Crippen LogP contribution in [-0.4, -0.2) is 11.0 Å². The van der Waals surface area contributed by atoms with Gasteiger partial charge in [-0.2, -0.15) is 13.2 Å². The summed E-state index contributed by atoms with van der Waals surface area (Å²) in [5, 5.41) is 0. The normalized spacial score (nSPS) is 24.0. The monoisotopic (exact) mass is 202 g/mol. The molecular formula is C5H6BrF3. The van der Waals surface area contributed by atoms with Crippen molar-refractivity contribution in [2.75, 3.05) is 0 Å². The summed E-state index contributed by atoms with van der Waals surface area (Å²) in [4.78, 5) is -1.26. The highest BCUT2D eigenvalue weighted by Crippen LogP contribution is 2.44.